The number of nitrogens with one attached hydrogen (secondary N) is 2. The van der Waals surface area contributed by atoms with Crippen molar-refractivity contribution in [2.75, 3.05) is 23.8 Å². The maximum Gasteiger partial charge on any atom is 0.355 e. The molecule has 0 saturated heterocycles. The van der Waals surface area contributed by atoms with E-state index in [1.807, 2.05) is 6.92 Å². The molecule has 0 aliphatic heterocycles. The number of hydrogen-bond donors (Lipinski definition) is 2. The van der Waals surface area contributed by atoms with Crippen LogP contribution in [0.4, 0.5) is 25.1 Å². The predicted octanol–water partition coefficient (Wildman–Crippen LogP) is 4.91. The topological polar surface area (TPSA) is 153 Å². The molecular formula is C24H27Cl3F3N9O3. The summed E-state index contributed by atoms with van der Waals surface area (Å²) in [6.07, 6.45) is -0.115. The average Bonchev–Trinajstić information content (AvgIpc) is 3.19. The SMILES string of the molecule is CCNc1nc(Cl)nc(NC(C)(C)C#N)n1.CCOC(=O)C(Cl)Cc1cc(-n2nc(C)n(C(F)F)c2=O)c(F)cc1Cl. The van der Waals surface area contributed by atoms with Gasteiger partial charge in [-0.1, -0.05) is 11.6 Å². The van der Waals surface area contributed by atoms with Crippen LogP contribution in [0.3, 0.4) is 0 Å². The number of rotatable bonds is 10. The molecule has 3 aromatic rings. The number of aromatic nitrogens is 6. The summed E-state index contributed by atoms with van der Waals surface area (Å²) in [6, 6.07) is 4.11. The first-order chi connectivity index (χ1) is 19.6. The Balaban J connectivity index is 0.000000330. The molecule has 12 nitrogen and oxygen atoms in total. The first-order valence-corrected chi connectivity index (χ1v) is 13.4. The van der Waals surface area contributed by atoms with Crippen LogP contribution in [0.1, 0.15) is 45.6 Å². The second-order valence-electron chi connectivity index (χ2n) is 8.85. The lowest BCUT2D eigenvalue weighted by molar-refractivity contribution is -0.142. The van der Waals surface area contributed by atoms with Gasteiger partial charge in [-0.25, -0.2) is 13.8 Å². The molecule has 2 heterocycles. The van der Waals surface area contributed by atoms with E-state index >= 15 is 0 Å². The smallest absolute Gasteiger partial charge is 0.355 e. The molecule has 0 fully saturated rings. The number of aryl methyl sites for hydroxylation is 1. The van der Waals surface area contributed by atoms with E-state index in [2.05, 4.69) is 36.8 Å². The van der Waals surface area contributed by atoms with E-state index < -0.39 is 34.9 Å². The van der Waals surface area contributed by atoms with Crippen molar-refractivity contribution in [2.45, 2.75) is 58.5 Å². The molecule has 0 amide bonds. The molecule has 42 heavy (non-hydrogen) atoms. The Morgan fingerprint density at radius 3 is 2.38 bits per heavy atom. The van der Waals surface area contributed by atoms with Gasteiger partial charge in [0.05, 0.1) is 12.7 Å². The third kappa shape index (κ3) is 9.20. The molecular weight excluding hydrogens is 626 g/mol. The normalized spacial score (nSPS) is 11.8. The highest BCUT2D eigenvalue weighted by Crippen LogP contribution is 2.25. The minimum Gasteiger partial charge on any atom is -0.465 e. The van der Waals surface area contributed by atoms with E-state index in [9.17, 15) is 22.8 Å². The number of nitrogens with zero attached hydrogens (tertiary/aromatic N) is 7. The lowest BCUT2D eigenvalue weighted by atomic mass is 10.1. The molecule has 1 unspecified atom stereocenters. The summed E-state index contributed by atoms with van der Waals surface area (Å²) >= 11 is 17.6. The van der Waals surface area contributed by atoms with Crippen molar-refractivity contribution in [1.29, 1.82) is 5.26 Å². The van der Waals surface area contributed by atoms with Gasteiger partial charge in [-0.2, -0.15) is 33.7 Å². The molecule has 0 spiro atoms. The van der Waals surface area contributed by atoms with E-state index in [0.29, 0.717) is 17.2 Å². The van der Waals surface area contributed by atoms with Crippen molar-refractivity contribution in [2.24, 2.45) is 0 Å². The highest BCUT2D eigenvalue weighted by molar-refractivity contribution is 6.32. The molecule has 2 aromatic heterocycles. The number of hydrogen-bond acceptors (Lipinski definition) is 10. The van der Waals surface area contributed by atoms with Gasteiger partial charge in [0.25, 0.3) is 0 Å². The Hall–Kier alpha value is -3.61. The van der Waals surface area contributed by atoms with E-state index in [1.165, 1.54) is 6.92 Å². The van der Waals surface area contributed by atoms with E-state index in [0.717, 1.165) is 12.1 Å². The zero-order valence-corrected chi connectivity index (χ0v) is 25.3. The van der Waals surface area contributed by atoms with E-state index in [1.54, 1.807) is 20.8 Å². The summed E-state index contributed by atoms with van der Waals surface area (Å²) in [5.74, 6) is -1.25. The Kier molecular flexibility index (Phi) is 12.4. The number of halogens is 6. The molecule has 2 N–H and O–H groups in total. The van der Waals surface area contributed by atoms with Crippen molar-refractivity contribution in [3.63, 3.8) is 0 Å². The second-order valence-corrected chi connectivity index (χ2v) is 10.1. The quantitative estimate of drug-likeness (QED) is 0.228. The fraction of sp³-hybridized carbons (Fsp3) is 0.458. The summed E-state index contributed by atoms with van der Waals surface area (Å²) in [5, 5.41) is 17.3. The molecule has 0 radical (unpaired) electrons. The fourth-order valence-electron chi connectivity index (χ4n) is 3.22. The third-order valence-corrected chi connectivity index (χ3v) is 5.96. The summed E-state index contributed by atoms with van der Waals surface area (Å²) in [4.78, 5) is 35.6. The second kappa shape index (κ2) is 15.0. The van der Waals surface area contributed by atoms with Crippen LogP contribution in [0, 0.1) is 24.1 Å². The molecule has 0 aliphatic carbocycles. The van der Waals surface area contributed by atoms with Gasteiger partial charge in [0.1, 0.15) is 22.4 Å². The zero-order chi connectivity index (χ0) is 31.8. The largest absolute Gasteiger partial charge is 0.465 e. The van der Waals surface area contributed by atoms with Crippen LogP contribution >= 0.6 is 34.8 Å². The van der Waals surface area contributed by atoms with Crippen LogP contribution in [0.15, 0.2) is 16.9 Å². The lowest BCUT2D eigenvalue weighted by Crippen LogP contribution is -2.29. The first kappa shape index (κ1) is 34.6. The number of ether oxygens (including phenoxy) is 1. The van der Waals surface area contributed by atoms with E-state index in [4.69, 9.17) is 44.8 Å². The summed E-state index contributed by atoms with van der Waals surface area (Å²) in [6.45, 7) is 5.85. The van der Waals surface area contributed by atoms with Crippen LogP contribution in [-0.4, -0.2) is 59.3 Å². The maximum absolute atomic E-state index is 14.2. The molecule has 1 atom stereocenters. The van der Waals surface area contributed by atoms with Crippen molar-refractivity contribution >= 4 is 52.7 Å². The van der Waals surface area contributed by atoms with Crippen molar-refractivity contribution < 1.29 is 22.7 Å². The van der Waals surface area contributed by atoms with Crippen LogP contribution in [0.25, 0.3) is 5.69 Å². The highest BCUT2D eigenvalue weighted by atomic mass is 35.5. The number of esters is 1. The van der Waals surface area contributed by atoms with Gasteiger partial charge in [-0.3, -0.25) is 4.79 Å². The van der Waals surface area contributed by atoms with E-state index in [-0.39, 0.29) is 50.9 Å². The number of carbonyl (C=O) groups is 1. The summed E-state index contributed by atoms with van der Waals surface area (Å²) < 4.78 is 45.5. The Morgan fingerprint density at radius 1 is 1.19 bits per heavy atom. The van der Waals surface area contributed by atoms with Gasteiger partial charge in [0, 0.05) is 18.0 Å². The monoisotopic (exact) mass is 651 g/mol. The minimum absolute atomic E-state index is 0.0424. The number of carbonyl (C=O) groups excluding carboxylic acids is 1. The maximum atomic E-state index is 14.2. The minimum atomic E-state index is -3.12. The van der Waals surface area contributed by atoms with Crippen molar-refractivity contribution in [3.05, 3.63) is 50.1 Å². The van der Waals surface area contributed by atoms with Gasteiger partial charge >= 0.3 is 18.2 Å². The number of benzene rings is 1. The standard InChI is InChI=1S/C15H14Cl2F3N3O3.C9H13ClN6/c1-3-26-13(24)10(17)4-8-5-12(11(18)6-9(8)16)23-15(25)22(14(19)20)7(2)21-23;1-4-12-7-13-6(10)14-8(15-7)16-9(2,3)5-11/h5-6,10,14H,3-4H2,1-2H3;4H2,1-3H3,(H2,12,13,14,15,16). The van der Waals surface area contributed by atoms with Gasteiger partial charge in [0.15, 0.2) is 5.82 Å². The van der Waals surface area contributed by atoms with Crippen LogP contribution in [0.5, 0.6) is 0 Å². The molecule has 0 saturated carbocycles. The summed E-state index contributed by atoms with van der Waals surface area (Å²) in [7, 11) is 0. The predicted molar refractivity (Wildman–Crippen MR) is 151 cm³/mol. The molecule has 0 bridgehead atoms. The van der Waals surface area contributed by atoms with Crippen molar-refractivity contribution in [1.82, 2.24) is 29.3 Å². The molecule has 3 rings (SSSR count). The Bertz CT molecular complexity index is 1510. The highest BCUT2D eigenvalue weighted by Gasteiger charge is 2.24. The number of nitriles is 1. The fourth-order valence-corrected chi connectivity index (χ4v) is 3.83. The molecule has 0 aliphatic rings. The van der Waals surface area contributed by atoms with Gasteiger partial charge in [-0.15, -0.1) is 16.7 Å². The zero-order valence-electron chi connectivity index (χ0n) is 23.1. The number of anilines is 2. The van der Waals surface area contributed by atoms with Gasteiger partial charge in [0.2, 0.25) is 17.2 Å². The summed E-state index contributed by atoms with van der Waals surface area (Å²) in [5.41, 5.74) is -2.12. The van der Waals surface area contributed by atoms with Crippen LogP contribution in [0.2, 0.25) is 10.3 Å². The average molecular weight is 653 g/mol. The Morgan fingerprint density at radius 2 is 1.83 bits per heavy atom. The number of alkyl halides is 3. The van der Waals surface area contributed by atoms with Gasteiger partial charge in [-0.05, 0) is 63.9 Å². The van der Waals surface area contributed by atoms with Gasteiger partial charge < -0.3 is 15.4 Å². The van der Waals surface area contributed by atoms with Crippen LogP contribution in [-0.2, 0) is 16.0 Å². The first-order valence-electron chi connectivity index (χ1n) is 12.2. The molecule has 18 heteroatoms. The molecule has 228 valence electrons. The Labute approximate surface area is 253 Å². The lowest BCUT2D eigenvalue weighted by Gasteiger charge is -2.17. The van der Waals surface area contributed by atoms with Crippen molar-refractivity contribution in [3.8, 4) is 11.8 Å². The molecule has 1 aromatic carbocycles. The third-order valence-electron chi connectivity index (χ3n) is 5.11. The van der Waals surface area contributed by atoms with Crippen LogP contribution < -0.4 is 16.3 Å².